The van der Waals surface area contributed by atoms with Gasteiger partial charge in [0.05, 0.1) is 11.3 Å². The fourth-order valence-electron chi connectivity index (χ4n) is 1.13. The van der Waals surface area contributed by atoms with Gasteiger partial charge in [-0.15, -0.1) is 0 Å². The van der Waals surface area contributed by atoms with Gasteiger partial charge in [0.1, 0.15) is 6.07 Å². The predicted octanol–water partition coefficient (Wildman–Crippen LogP) is 2.47. The van der Waals surface area contributed by atoms with Crippen molar-refractivity contribution in [3.8, 4) is 6.07 Å². The third kappa shape index (κ3) is 2.45. The lowest BCUT2D eigenvalue weighted by Crippen LogP contribution is -2.24. The zero-order chi connectivity index (χ0) is 11.4. The summed E-state index contributed by atoms with van der Waals surface area (Å²) in [6.07, 6.45) is 1.21. The van der Waals surface area contributed by atoms with Gasteiger partial charge in [0.2, 0.25) is 5.91 Å². The first-order chi connectivity index (χ1) is 7.10. The molecule has 0 atom stereocenters. The first-order valence-electron chi connectivity index (χ1n) is 4.20. The molecule has 0 unspecified atom stereocenters. The maximum atomic E-state index is 11.4. The number of hydrogen-bond acceptors (Lipinski definition) is 2. The molecule has 1 aromatic rings. The van der Waals surface area contributed by atoms with Crippen LogP contribution in [0.15, 0.2) is 35.3 Å². The molecule has 1 aromatic carbocycles. The molecular weight excluding hydrogens is 256 g/mol. The minimum Gasteiger partial charge on any atom is -0.311 e. The fraction of sp³-hybridized carbons (Fsp3) is 0.0909. The van der Waals surface area contributed by atoms with Crippen LogP contribution in [0.1, 0.15) is 5.56 Å². The Morgan fingerprint density at radius 2 is 2.33 bits per heavy atom. The zero-order valence-electron chi connectivity index (χ0n) is 8.20. The molecule has 0 aromatic heterocycles. The maximum Gasteiger partial charge on any atom is 0.250 e. The van der Waals surface area contributed by atoms with Crippen LogP contribution in [0.25, 0.3) is 0 Å². The molecule has 1 rings (SSSR count). The maximum absolute atomic E-state index is 11.4. The van der Waals surface area contributed by atoms with Crippen molar-refractivity contribution in [2.24, 2.45) is 0 Å². The summed E-state index contributed by atoms with van der Waals surface area (Å²) in [5, 5.41) is 8.88. The molecule has 0 N–H and O–H groups in total. The van der Waals surface area contributed by atoms with Crippen molar-refractivity contribution in [3.05, 3.63) is 40.9 Å². The molecule has 0 radical (unpaired) electrons. The molecule has 0 aliphatic carbocycles. The van der Waals surface area contributed by atoms with Gasteiger partial charge in [0.15, 0.2) is 0 Å². The van der Waals surface area contributed by atoms with Gasteiger partial charge < -0.3 is 4.90 Å². The van der Waals surface area contributed by atoms with Crippen molar-refractivity contribution in [1.29, 1.82) is 5.26 Å². The highest BCUT2D eigenvalue weighted by Gasteiger charge is 2.11. The van der Waals surface area contributed by atoms with E-state index in [0.717, 1.165) is 4.47 Å². The Hall–Kier alpha value is -1.60. The van der Waals surface area contributed by atoms with Crippen molar-refractivity contribution in [2.45, 2.75) is 0 Å². The molecule has 0 saturated carbocycles. The van der Waals surface area contributed by atoms with Crippen molar-refractivity contribution >= 4 is 27.5 Å². The molecule has 4 heteroatoms. The van der Waals surface area contributed by atoms with Gasteiger partial charge in [-0.3, -0.25) is 4.79 Å². The quantitative estimate of drug-likeness (QED) is 0.771. The minimum absolute atomic E-state index is 0.246. The van der Waals surface area contributed by atoms with Gasteiger partial charge in [-0.05, 0) is 24.3 Å². The van der Waals surface area contributed by atoms with Gasteiger partial charge in [-0.2, -0.15) is 5.26 Å². The van der Waals surface area contributed by atoms with Crippen LogP contribution >= 0.6 is 15.9 Å². The molecule has 0 heterocycles. The van der Waals surface area contributed by atoms with E-state index in [2.05, 4.69) is 22.5 Å². The number of halogens is 1. The number of benzene rings is 1. The Labute approximate surface area is 96.7 Å². The van der Waals surface area contributed by atoms with Crippen LogP contribution in [0.3, 0.4) is 0 Å². The van der Waals surface area contributed by atoms with Crippen LogP contribution in [0, 0.1) is 11.3 Å². The lowest BCUT2D eigenvalue weighted by molar-refractivity contribution is -0.113. The number of hydrogen-bond donors (Lipinski definition) is 0. The molecule has 0 bridgehead atoms. The zero-order valence-corrected chi connectivity index (χ0v) is 9.78. The van der Waals surface area contributed by atoms with E-state index in [1.54, 1.807) is 25.2 Å². The fourth-order valence-corrected chi connectivity index (χ4v) is 1.48. The smallest absolute Gasteiger partial charge is 0.250 e. The number of nitriles is 1. The van der Waals surface area contributed by atoms with Gasteiger partial charge >= 0.3 is 0 Å². The highest BCUT2D eigenvalue weighted by molar-refractivity contribution is 9.10. The second-order valence-corrected chi connectivity index (χ2v) is 3.79. The van der Waals surface area contributed by atoms with Crippen LogP contribution in [0.4, 0.5) is 5.69 Å². The first-order valence-corrected chi connectivity index (χ1v) is 4.99. The Bertz CT molecular complexity index is 448. The lowest BCUT2D eigenvalue weighted by atomic mass is 10.2. The van der Waals surface area contributed by atoms with Crippen LogP contribution in [-0.2, 0) is 4.79 Å². The number of rotatable bonds is 2. The highest BCUT2D eigenvalue weighted by atomic mass is 79.9. The van der Waals surface area contributed by atoms with Gasteiger partial charge in [0.25, 0.3) is 0 Å². The number of likely N-dealkylation sites (N-methyl/N-ethyl adjacent to an activating group) is 1. The number of nitrogens with zero attached hydrogens (tertiary/aromatic N) is 2. The summed E-state index contributed by atoms with van der Waals surface area (Å²) < 4.78 is 0.820. The summed E-state index contributed by atoms with van der Waals surface area (Å²) in [7, 11) is 1.60. The predicted molar refractivity (Wildman–Crippen MR) is 62.5 cm³/mol. The minimum atomic E-state index is -0.246. The van der Waals surface area contributed by atoms with E-state index in [1.165, 1.54) is 11.0 Å². The topological polar surface area (TPSA) is 44.1 Å². The van der Waals surface area contributed by atoms with Crippen LogP contribution in [-0.4, -0.2) is 13.0 Å². The summed E-state index contributed by atoms with van der Waals surface area (Å²) in [5.74, 6) is -0.246. The summed E-state index contributed by atoms with van der Waals surface area (Å²) in [6.45, 7) is 3.40. The summed E-state index contributed by atoms with van der Waals surface area (Å²) in [6, 6.07) is 7.17. The summed E-state index contributed by atoms with van der Waals surface area (Å²) >= 11 is 3.29. The van der Waals surface area contributed by atoms with E-state index >= 15 is 0 Å². The second kappa shape index (κ2) is 4.76. The molecule has 0 fully saturated rings. The average Bonchev–Trinajstić information content (AvgIpc) is 2.27. The third-order valence-electron chi connectivity index (χ3n) is 1.95. The van der Waals surface area contributed by atoms with E-state index in [1.807, 2.05) is 6.07 Å². The number of amides is 1. The first kappa shape index (κ1) is 11.5. The van der Waals surface area contributed by atoms with Gasteiger partial charge in [-0.1, -0.05) is 22.5 Å². The van der Waals surface area contributed by atoms with E-state index in [-0.39, 0.29) is 5.91 Å². The van der Waals surface area contributed by atoms with Crippen molar-refractivity contribution < 1.29 is 4.79 Å². The molecule has 1 amide bonds. The van der Waals surface area contributed by atoms with E-state index in [0.29, 0.717) is 11.3 Å². The molecule has 76 valence electrons. The molecular formula is C11H9BrN2O. The van der Waals surface area contributed by atoms with Crippen molar-refractivity contribution in [1.82, 2.24) is 0 Å². The van der Waals surface area contributed by atoms with Gasteiger partial charge in [0, 0.05) is 11.5 Å². The molecule has 0 spiro atoms. The van der Waals surface area contributed by atoms with Crippen LogP contribution in [0.5, 0.6) is 0 Å². The SMILES string of the molecule is C=CC(=O)N(C)c1cc(Br)ccc1C#N. The number of carbonyl (C=O) groups is 1. The van der Waals surface area contributed by atoms with Gasteiger partial charge in [-0.25, -0.2) is 0 Å². The number of carbonyl (C=O) groups excluding carboxylic acids is 1. The molecule has 0 saturated heterocycles. The molecule has 0 aliphatic rings. The van der Waals surface area contributed by atoms with Crippen molar-refractivity contribution in [2.75, 3.05) is 11.9 Å². The Kier molecular flexibility index (Phi) is 3.64. The van der Waals surface area contributed by atoms with E-state index in [4.69, 9.17) is 5.26 Å². The Morgan fingerprint density at radius 3 is 2.87 bits per heavy atom. The average molecular weight is 265 g/mol. The standard InChI is InChI=1S/C11H9BrN2O/c1-3-11(15)14(2)10-6-9(12)5-4-8(10)7-13/h3-6H,1H2,2H3. The molecule has 3 nitrogen and oxygen atoms in total. The Balaban J connectivity index is 3.23. The number of anilines is 1. The monoisotopic (exact) mass is 264 g/mol. The van der Waals surface area contributed by atoms with E-state index < -0.39 is 0 Å². The van der Waals surface area contributed by atoms with Crippen LogP contribution in [0.2, 0.25) is 0 Å². The van der Waals surface area contributed by atoms with Crippen LogP contribution < -0.4 is 4.90 Å². The Morgan fingerprint density at radius 1 is 1.67 bits per heavy atom. The molecule has 0 aliphatic heterocycles. The van der Waals surface area contributed by atoms with Crippen molar-refractivity contribution in [3.63, 3.8) is 0 Å². The molecule has 15 heavy (non-hydrogen) atoms. The largest absolute Gasteiger partial charge is 0.311 e. The second-order valence-electron chi connectivity index (χ2n) is 2.87. The third-order valence-corrected chi connectivity index (χ3v) is 2.44. The summed E-state index contributed by atoms with van der Waals surface area (Å²) in [4.78, 5) is 12.8. The highest BCUT2D eigenvalue weighted by Crippen LogP contribution is 2.23. The van der Waals surface area contributed by atoms with E-state index in [9.17, 15) is 4.79 Å². The lowest BCUT2D eigenvalue weighted by Gasteiger charge is -2.16. The normalized spacial score (nSPS) is 9.13. The summed E-state index contributed by atoms with van der Waals surface area (Å²) in [5.41, 5.74) is 1.02.